The highest BCUT2D eigenvalue weighted by Gasteiger charge is 2.40. The predicted molar refractivity (Wildman–Crippen MR) is 85.2 cm³/mol. The van der Waals surface area contributed by atoms with Gasteiger partial charge < -0.3 is 5.32 Å². The molecule has 12 heteroatoms. The van der Waals surface area contributed by atoms with Gasteiger partial charge in [-0.3, -0.25) is 14.9 Å². The Morgan fingerprint density at radius 2 is 1.81 bits per heavy atom. The average molecular weight is 378 g/mol. The molecule has 0 saturated carbocycles. The molecule has 0 atom stereocenters. The molecule has 138 valence electrons. The van der Waals surface area contributed by atoms with Gasteiger partial charge in [-0.25, -0.2) is 4.68 Å². The van der Waals surface area contributed by atoms with Gasteiger partial charge in [-0.1, -0.05) is 0 Å². The van der Waals surface area contributed by atoms with Gasteiger partial charge in [0.05, 0.1) is 40.5 Å². The quantitative estimate of drug-likeness (QED) is 0.551. The van der Waals surface area contributed by atoms with Crippen molar-refractivity contribution in [3.8, 4) is 5.69 Å². The number of rotatable bonds is 4. The first-order chi connectivity index (χ1) is 12.8. The first-order valence-corrected chi connectivity index (χ1v) is 7.25. The molecule has 0 saturated heterocycles. The van der Waals surface area contributed by atoms with Crippen LogP contribution in [0.15, 0.2) is 48.9 Å². The standard InChI is InChI=1S/C15H9F3N6O3/c16-15(17,18)13-12(14(25)22-9-5-6-19-20-7-9)8-21-23(13)10-1-3-11(4-2-10)24(26)27/h1-8H,(H,19,22,25). The molecule has 0 aliphatic rings. The van der Waals surface area contributed by atoms with Crippen LogP contribution >= 0.6 is 0 Å². The van der Waals surface area contributed by atoms with E-state index in [1.54, 1.807) is 0 Å². The summed E-state index contributed by atoms with van der Waals surface area (Å²) in [5.41, 5.74) is -2.24. The van der Waals surface area contributed by atoms with E-state index in [0.29, 0.717) is 4.68 Å². The van der Waals surface area contributed by atoms with Crippen LogP contribution in [0, 0.1) is 10.1 Å². The third-order valence-electron chi connectivity index (χ3n) is 3.43. The zero-order valence-electron chi connectivity index (χ0n) is 13.2. The summed E-state index contributed by atoms with van der Waals surface area (Å²) < 4.78 is 41.2. The predicted octanol–water partition coefficient (Wildman–Crippen LogP) is 2.84. The normalized spacial score (nSPS) is 11.2. The van der Waals surface area contributed by atoms with Gasteiger partial charge in [-0.2, -0.15) is 28.5 Å². The number of nitrogens with zero attached hydrogens (tertiary/aromatic N) is 5. The number of amides is 1. The Hall–Kier alpha value is -3.83. The molecular weight excluding hydrogens is 369 g/mol. The van der Waals surface area contributed by atoms with Gasteiger partial charge in [0.25, 0.3) is 11.6 Å². The van der Waals surface area contributed by atoms with Crippen LogP contribution in [0.2, 0.25) is 0 Å². The van der Waals surface area contributed by atoms with E-state index in [1.165, 1.54) is 18.5 Å². The number of hydrogen-bond donors (Lipinski definition) is 1. The lowest BCUT2D eigenvalue weighted by atomic mass is 10.2. The molecule has 0 bridgehead atoms. The van der Waals surface area contributed by atoms with Crippen molar-refractivity contribution in [2.75, 3.05) is 5.32 Å². The van der Waals surface area contributed by atoms with Crippen molar-refractivity contribution in [3.63, 3.8) is 0 Å². The number of non-ortho nitro benzene ring substituents is 1. The first kappa shape index (κ1) is 18.0. The number of nitro groups is 1. The van der Waals surface area contributed by atoms with Gasteiger partial charge in [-0.05, 0) is 18.2 Å². The molecule has 0 aliphatic carbocycles. The number of nitro benzene ring substituents is 1. The lowest BCUT2D eigenvalue weighted by Gasteiger charge is -2.12. The maximum Gasteiger partial charge on any atom is 0.434 e. The van der Waals surface area contributed by atoms with E-state index in [4.69, 9.17) is 0 Å². The molecule has 0 aliphatic heterocycles. The van der Waals surface area contributed by atoms with Gasteiger partial charge in [0, 0.05) is 12.1 Å². The highest BCUT2D eigenvalue weighted by molar-refractivity contribution is 6.05. The highest BCUT2D eigenvalue weighted by atomic mass is 19.4. The Balaban J connectivity index is 2.01. The van der Waals surface area contributed by atoms with Gasteiger partial charge in [0.15, 0.2) is 5.69 Å². The highest BCUT2D eigenvalue weighted by Crippen LogP contribution is 2.34. The van der Waals surface area contributed by atoms with Crippen LogP contribution in [0.4, 0.5) is 24.5 Å². The Bertz CT molecular complexity index is 986. The van der Waals surface area contributed by atoms with Gasteiger partial charge in [0.1, 0.15) is 0 Å². The van der Waals surface area contributed by atoms with Crippen molar-refractivity contribution in [3.05, 3.63) is 70.3 Å². The van der Waals surface area contributed by atoms with Crippen molar-refractivity contribution < 1.29 is 22.9 Å². The van der Waals surface area contributed by atoms with E-state index >= 15 is 0 Å². The van der Waals surface area contributed by atoms with Crippen LogP contribution in [-0.4, -0.2) is 30.8 Å². The Kier molecular flexibility index (Phi) is 4.54. The second-order valence-corrected chi connectivity index (χ2v) is 5.18. The maximum absolute atomic E-state index is 13.6. The second-order valence-electron chi connectivity index (χ2n) is 5.18. The summed E-state index contributed by atoms with van der Waals surface area (Å²) in [5, 5.41) is 23.6. The number of benzene rings is 1. The summed E-state index contributed by atoms with van der Waals surface area (Å²) in [7, 11) is 0. The molecular formula is C15H9F3N6O3. The molecule has 1 N–H and O–H groups in total. The van der Waals surface area contributed by atoms with Crippen LogP contribution in [0.5, 0.6) is 0 Å². The van der Waals surface area contributed by atoms with Crippen molar-refractivity contribution in [2.24, 2.45) is 0 Å². The van der Waals surface area contributed by atoms with Crippen LogP contribution < -0.4 is 5.32 Å². The lowest BCUT2D eigenvalue weighted by molar-refractivity contribution is -0.384. The zero-order valence-corrected chi connectivity index (χ0v) is 13.2. The van der Waals surface area contributed by atoms with Gasteiger partial charge >= 0.3 is 6.18 Å². The Morgan fingerprint density at radius 1 is 1.11 bits per heavy atom. The second kappa shape index (κ2) is 6.82. The van der Waals surface area contributed by atoms with E-state index in [-0.39, 0.29) is 17.1 Å². The van der Waals surface area contributed by atoms with Gasteiger partial charge in [-0.15, -0.1) is 0 Å². The fourth-order valence-electron chi connectivity index (χ4n) is 2.26. The fraction of sp³-hybridized carbons (Fsp3) is 0.0667. The molecule has 0 spiro atoms. The number of anilines is 1. The van der Waals surface area contributed by atoms with Crippen molar-refractivity contribution in [1.29, 1.82) is 0 Å². The van der Waals surface area contributed by atoms with Crippen LogP contribution in [0.3, 0.4) is 0 Å². The fourth-order valence-corrected chi connectivity index (χ4v) is 2.26. The molecule has 0 radical (unpaired) electrons. The van der Waals surface area contributed by atoms with E-state index in [1.807, 2.05) is 0 Å². The number of carbonyl (C=O) groups excluding carboxylic acids is 1. The van der Waals surface area contributed by atoms with Crippen molar-refractivity contribution >= 4 is 17.3 Å². The monoisotopic (exact) mass is 378 g/mol. The van der Waals surface area contributed by atoms with Gasteiger partial charge in [0.2, 0.25) is 0 Å². The number of alkyl halides is 3. The first-order valence-electron chi connectivity index (χ1n) is 7.25. The van der Waals surface area contributed by atoms with E-state index in [0.717, 1.165) is 30.5 Å². The topological polar surface area (TPSA) is 116 Å². The zero-order chi connectivity index (χ0) is 19.6. The molecule has 27 heavy (non-hydrogen) atoms. The Labute approximate surface area is 148 Å². The molecule has 1 aromatic carbocycles. The van der Waals surface area contributed by atoms with E-state index in [2.05, 4.69) is 20.6 Å². The summed E-state index contributed by atoms with van der Waals surface area (Å²) in [6, 6.07) is 5.65. The minimum Gasteiger partial charge on any atom is -0.320 e. The maximum atomic E-state index is 13.6. The van der Waals surface area contributed by atoms with Crippen LogP contribution in [-0.2, 0) is 6.18 Å². The molecule has 3 aromatic rings. The molecule has 0 unspecified atom stereocenters. The number of carbonyl (C=O) groups is 1. The third-order valence-corrected chi connectivity index (χ3v) is 3.43. The third kappa shape index (κ3) is 3.73. The summed E-state index contributed by atoms with van der Waals surface area (Å²) in [6.45, 7) is 0. The molecule has 0 fully saturated rings. The smallest absolute Gasteiger partial charge is 0.320 e. The number of nitrogens with one attached hydrogen (secondary N) is 1. The van der Waals surface area contributed by atoms with Crippen molar-refractivity contribution in [1.82, 2.24) is 20.0 Å². The average Bonchev–Trinajstić information content (AvgIpc) is 3.08. The van der Waals surface area contributed by atoms with E-state index < -0.39 is 28.3 Å². The SMILES string of the molecule is O=C(Nc1ccnnc1)c1cnn(-c2ccc([N+](=O)[O-])cc2)c1C(F)(F)F. The molecule has 2 heterocycles. The molecule has 9 nitrogen and oxygen atoms in total. The summed E-state index contributed by atoms with van der Waals surface area (Å²) in [4.78, 5) is 22.3. The number of aromatic nitrogens is 4. The van der Waals surface area contributed by atoms with Crippen molar-refractivity contribution in [2.45, 2.75) is 6.18 Å². The minimum atomic E-state index is -4.90. The molecule has 2 aromatic heterocycles. The molecule has 1 amide bonds. The minimum absolute atomic E-state index is 0.0856. The van der Waals surface area contributed by atoms with E-state index in [9.17, 15) is 28.1 Å². The number of hydrogen-bond acceptors (Lipinski definition) is 6. The summed E-state index contributed by atoms with van der Waals surface area (Å²) >= 11 is 0. The largest absolute Gasteiger partial charge is 0.434 e. The molecule has 3 rings (SSSR count). The van der Waals surface area contributed by atoms with Crippen LogP contribution in [0.25, 0.3) is 5.69 Å². The summed E-state index contributed by atoms with van der Waals surface area (Å²) in [6.07, 6.45) is -1.69. The number of halogens is 3. The Morgan fingerprint density at radius 3 is 2.37 bits per heavy atom. The lowest BCUT2D eigenvalue weighted by Crippen LogP contribution is -2.20. The summed E-state index contributed by atoms with van der Waals surface area (Å²) in [5.74, 6) is -1.04. The van der Waals surface area contributed by atoms with Crippen LogP contribution in [0.1, 0.15) is 16.1 Å².